The molecule has 0 radical (unpaired) electrons. The van der Waals surface area contributed by atoms with Gasteiger partial charge in [-0.05, 0) is 77.0 Å². The Hall–Kier alpha value is -1.88. The van der Waals surface area contributed by atoms with Crippen LogP contribution in [0.1, 0.15) is 226 Å². The number of carbonyl (C=O) groups is 2. The molecule has 0 rings (SSSR count). The van der Waals surface area contributed by atoms with Crippen LogP contribution in [-0.4, -0.2) is 37.9 Å². The lowest BCUT2D eigenvalue weighted by Gasteiger charge is -2.18. The summed E-state index contributed by atoms with van der Waals surface area (Å²) in [7, 11) is 0. The first-order valence-electron chi connectivity index (χ1n) is 22.5. The molecule has 0 heterocycles. The molecule has 5 nitrogen and oxygen atoms in total. The van der Waals surface area contributed by atoms with Crippen LogP contribution in [0.2, 0.25) is 0 Å². The summed E-state index contributed by atoms with van der Waals surface area (Å²) >= 11 is 0. The molecule has 1 unspecified atom stereocenters. The molecule has 0 aromatic rings. The highest BCUT2D eigenvalue weighted by Gasteiger charge is 2.17. The van der Waals surface area contributed by atoms with Crippen LogP contribution < -0.4 is 0 Å². The molecule has 0 aromatic heterocycles. The van der Waals surface area contributed by atoms with Gasteiger partial charge in [0.05, 0.1) is 6.61 Å². The van der Waals surface area contributed by atoms with Crippen molar-refractivity contribution in [1.29, 1.82) is 0 Å². The lowest BCUT2D eigenvalue weighted by atomic mass is 10.1. The highest BCUT2D eigenvalue weighted by molar-refractivity contribution is 5.70. The molecule has 0 aliphatic carbocycles. The van der Waals surface area contributed by atoms with E-state index >= 15 is 0 Å². The van der Waals surface area contributed by atoms with Crippen LogP contribution in [0.5, 0.6) is 0 Å². The highest BCUT2D eigenvalue weighted by atomic mass is 16.6. The van der Waals surface area contributed by atoms with Gasteiger partial charge in [-0.25, -0.2) is 0 Å². The minimum atomic E-state index is -0.538. The molecule has 0 aliphatic rings. The van der Waals surface area contributed by atoms with Gasteiger partial charge in [0.1, 0.15) is 6.61 Å². The van der Waals surface area contributed by atoms with E-state index < -0.39 is 6.10 Å². The van der Waals surface area contributed by atoms with E-state index in [0.717, 1.165) is 70.6 Å². The van der Waals surface area contributed by atoms with E-state index in [4.69, 9.17) is 14.2 Å². The number of carbonyl (C=O) groups excluding carboxylic acids is 2. The van der Waals surface area contributed by atoms with Crippen molar-refractivity contribution in [3.8, 4) is 0 Å². The number of hydrogen-bond acceptors (Lipinski definition) is 5. The molecule has 0 fully saturated rings. The second kappa shape index (κ2) is 43.5. The summed E-state index contributed by atoms with van der Waals surface area (Å²) in [5, 5.41) is 0. The van der Waals surface area contributed by atoms with Crippen molar-refractivity contribution in [1.82, 2.24) is 0 Å². The quantitative estimate of drug-likeness (QED) is 0.0356. The number of ether oxygens (including phenoxy) is 3. The maximum atomic E-state index is 12.7. The van der Waals surface area contributed by atoms with Crippen LogP contribution in [0.15, 0.2) is 36.5 Å². The van der Waals surface area contributed by atoms with Crippen molar-refractivity contribution in [2.75, 3.05) is 19.8 Å². The minimum Gasteiger partial charge on any atom is -0.462 e. The second-order valence-corrected chi connectivity index (χ2v) is 15.0. The van der Waals surface area contributed by atoms with Gasteiger partial charge < -0.3 is 14.2 Å². The molecule has 1 atom stereocenters. The van der Waals surface area contributed by atoms with Gasteiger partial charge in [0.2, 0.25) is 0 Å². The second-order valence-electron chi connectivity index (χ2n) is 15.0. The topological polar surface area (TPSA) is 61.8 Å². The summed E-state index contributed by atoms with van der Waals surface area (Å²) in [6.07, 6.45) is 49.9. The Morgan fingerprint density at radius 2 is 0.808 bits per heavy atom. The van der Waals surface area contributed by atoms with Crippen LogP contribution in [0.4, 0.5) is 0 Å². The van der Waals surface area contributed by atoms with Crippen LogP contribution >= 0.6 is 0 Å². The lowest BCUT2D eigenvalue weighted by Crippen LogP contribution is -2.30. The molecule has 0 aliphatic heterocycles. The molecule has 0 amide bonds. The van der Waals surface area contributed by atoms with E-state index in [1.54, 1.807) is 0 Å². The van der Waals surface area contributed by atoms with E-state index in [1.165, 1.54) is 122 Å². The summed E-state index contributed by atoms with van der Waals surface area (Å²) in [4.78, 5) is 25.2. The summed E-state index contributed by atoms with van der Waals surface area (Å²) in [5.74, 6) is -0.419. The van der Waals surface area contributed by atoms with Crippen LogP contribution in [0.25, 0.3) is 0 Å². The van der Waals surface area contributed by atoms with Crippen LogP contribution in [-0.2, 0) is 23.8 Å². The smallest absolute Gasteiger partial charge is 0.306 e. The standard InChI is InChI=1S/C47H86O5/c1-4-7-10-13-16-19-21-23-24-26-27-29-31-34-37-40-46(48)51-44-45(43-50-42-39-36-33-18-15-12-9-6-3)52-47(49)41-38-35-32-30-28-25-22-20-17-14-11-8-5-2/h16,19-20,22-24,45H,4-15,17-18,21,25-44H2,1-3H3/b19-16-,22-20-,24-23-. The lowest BCUT2D eigenvalue weighted by molar-refractivity contribution is -0.163. The molecule has 52 heavy (non-hydrogen) atoms. The molecule has 0 bridgehead atoms. The third kappa shape index (κ3) is 40.9. The summed E-state index contributed by atoms with van der Waals surface area (Å²) < 4.78 is 17.2. The first-order chi connectivity index (χ1) is 25.6. The van der Waals surface area contributed by atoms with Crippen molar-refractivity contribution in [2.24, 2.45) is 0 Å². The fourth-order valence-electron chi connectivity index (χ4n) is 6.24. The average molecular weight is 731 g/mol. The monoisotopic (exact) mass is 731 g/mol. The van der Waals surface area contributed by atoms with E-state index in [2.05, 4.69) is 57.2 Å². The summed E-state index contributed by atoms with van der Waals surface area (Å²) in [5.41, 5.74) is 0. The number of esters is 2. The largest absolute Gasteiger partial charge is 0.462 e. The molecular formula is C47H86O5. The van der Waals surface area contributed by atoms with Gasteiger partial charge in [-0.2, -0.15) is 0 Å². The minimum absolute atomic E-state index is 0.0778. The van der Waals surface area contributed by atoms with Gasteiger partial charge >= 0.3 is 11.9 Å². The van der Waals surface area contributed by atoms with Crippen molar-refractivity contribution in [3.63, 3.8) is 0 Å². The molecule has 0 N–H and O–H groups in total. The van der Waals surface area contributed by atoms with Crippen molar-refractivity contribution >= 4 is 11.9 Å². The normalized spacial score (nSPS) is 12.4. The zero-order valence-corrected chi connectivity index (χ0v) is 34.8. The average Bonchev–Trinajstić information content (AvgIpc) is 3.14. The predicted molar refractivity (Wildman–Crippen MR) is 224 cm³/mol. The van der Waals surface area contributed by atoms with E-state index in [9.17, 15) is 9.59 Å². The Bertz CT molecular complexity index is 832. The first-order valence-corrected chi connectivity index (χ1v) is 22.5. The zero-order valence-electron chi connectivity index (χ0n) is 34.8. The van der Waals surface area contributed by atoms with Crippen molar-refractivity contribution in [3.05, 3.63) is 36.5 Å². The maximum absolute atomic E-state index is 12.7. The molecule has 0 spiro atoms. The predicted octanol–water partition coefficient (Wildman–Crippen LogP) is 14.7. The van der Waals surface area contributed by atoms with E-state index in [-0.39, 0.29) is 25.2 Å². The maximum Gasteiger partial charge on any atom is 0.306 e. The third-order valence-electron chi connectivity index (χ3n) is 9.65. The Kier molecular flexibility index (Phi) is 42.0. The van der Waals surface area contributed by atoms with Crippen LogP contribution in [0.3, 0.4) is 0 Å². The highest BCUT2D eigenvalue weighted by Crippen LogP contribution is 2.13. The van der Waals surface area contributed by atoms with Gasteiger partial charge in [0.15, 0.2) is 6.10 Å². The molecule has 304 valence electrons. The van der Waals surface area contributed by atoms with Gasteiger partial charge in [0.25, 0.3) is 0 Å². The summed E-state index contributed by atoms with van der Waals surface area (Å²) in [6, 6.07) is 0. The Morgan fingerprint density at radius 3 is 1.35 bits per heavy atom. The van der Waals surface area contributed by atoms with Gasteiger partial charge in [-0.15, -0.1) is 0 Å². The summed E-state index contributed by atoms with van der Waals surface area (Å²) in [6.45, 7) is 7.76. The fourth-order valence-corrected chi connectivity index (χ4v) is 6.24. The first kappa shape index (κ1) is 50.1. The van der Waals surface area contributed by atoms with Crippen molar-refractivity contribution in [2.45, 2.75) is 232 Å². The number of rotatable bonds is 41. The van der Waals surface area contributed by atoms with Gasteiger partial charge in [-0.1, -0.05) is 173 Å². The molecule has 0 aromatic carbocycles. The van der Waals surface area contributed by atoms with Crippen molar-refractivity contribution < 1.29 is 23.8 Å². The SMILES string of the molecule is CCCCC/C=C\C/C=C\CCCCCCCC(=O)OCC(COCCCCCCCCCC)OC(=O)CCCCCCC/C=C\CCCCCC. The molecule has 0 saturated heterocycles. The van der Waals surface area contributed by atoms with Crippen LogP contribution in [0, 0.1) is 0 Å². The number of allylic oxidation sites excluding steroid dienone is 6. The Morgan fingerprint density at radius 1 is 0.423 bits per heavy atom. The third-order valence-corrected chi connectivity index (χ3v) is 9.65. The molecular weight excluding hydrogens is 645 g/mol. The molecule has 5 heteroatoms. The fraction of sp³-hybridized carbons (Fsp3) is 0.830. The molecule has 0 saturated carbocycles. The zero-order chi connectivity index (χ0) is 37.8. The number of unbranched alkanes of at least 4 members (excludes halogenated alkanes) is 24. The van der Waals surface area contributed by atoms with E-state index in [0.29, 0.717) is 19.4 Å². The Balaban J connectivity index is 4.22. The van der Waals surface area contributed by atoms with E-state index in [1.807, 2.05) is 0 Å². The van der Waals surface area contributed by atoms with Gasteiger partial charge in [0, 0.05) is 19.4 Å². The Labute approximate surface area is 323 Å². The number of hydrogen-bond donors (Lipinski definition) is 0. The van der Waals surface area contributed by atoms with Gasteiger partial charge in [-0.3, -0.25) is 9.59 Å².